The minimum absolute atomic E-state index is 0.0149. The van der Waals surface area contributed by atoms with E-state index in [-0.39, 0.29) is 17.8 Å². The Kier molecular flexibility index (Phi) is 6.16. The van der Waals surface area contributed by atoms with Crippen LogP contribution >= 0.6 is 34.7 Å². The van der Waals surface area contributed by atoms with Crippen LogP contribution in [0.4, 0.5) is 4.39 Å². The van der Waals surface area contributed by atoms with Crippen LogP contribution in [-0.2, 0) is 13.1 Å². The van der Waals surface area contributed by atoms with Gasteiger partial charge in [0.25, 0.3) is 5.91 Å². The second kappa shape index (κ2) is 9.08. The third-order valence-corrected chi connectivity index (χ3v) is 7.45. The predicted molar refractivity (Wildman–Crippen MR) is 128 cm³/mol. The molecule has 1 saturated heterocycles. The first-order valence-corrected chi connectivity index (χ1v) is 12.3. The summed E-state index contributed by atoms with van der Waals surface area (Å²) in [6, 6.07) is 6.22. The van der Waals surface area contributed by atoms with Crippen LogP contribution in [0.2, 0.25) is 0 Å². The number of aryl methyl sites for hydroxylation is 1. The van der Waals surface area contributed by atoms with E-state index in [1.165, 1.54) is 27.9 Å². The quantitative estimate of drug-likeness (QED) is 0.429. The monoisotopic (exact) mass is 505 g/mol. The van der Waals surface area contributed by atoms with E-state index in [0.717, 1.165) is 40.4 Å². The summed E-state index contributed by atoms with van der Waals surface area (Å²) in [4.78, 5) is 25.6. The maximum Gasteiger partial charge on any atom is 0.274 e. The molecule has 3 aromatic rings. The molecule has 2 aliphatic rings. The molecule has 0 spiro atoms. The topological polar surface area (TPSA) is 54.3 Å². The lowest BCUT2D eigenvalue weighted by Gasteiger charge is -2.35. The first kappa shape index (κ1) is 22.4. The average molecular weight is 506 g/mol. The summed E-state index contributed by atoms with van der Waals surface area (Å²) in [6.45, 7) is 3.02. The lowest BCUT2D eigenvalue weighted by Crippen LogP contribution is -2.45. The zero-order chi connectivity index (χ0) is 23.1. The number of halogens is 3. The number of imidazole rings is 1. The molecule has 4 heterocycles. The molecular formula is C23H22Cl2FN5OS. The van der Waals surface area contributed by atoms with Crippen molar-refractivity contribution in [2.24, 2.45) is 0 Å². The van der Waals surface area contributed by atoms with Gasteiger partial charge in [-0.3, -0.25) is 9.21 Å². The lowest BCUT2D eigenvalue weighted by molar-refractivity contribution is 0.0608. The van der Waals surface area contributed by atoms with Gasteiger partial charge < -0.3 is 9.47 Å². The minimum atomic E-state index is -0.307. The van der Waals surface area contributed by atoms with Crippen molar-refractivity contribution < 1.29 is 9.18 Å². The highest BCUT2D eigenvalue weighted by atomic mass is 35.5. The van der Waals surface area contributed by atoms with Crippen LogP contribution in [0.25, 0.3) is 15.5 Å². The van der Waals surface area contributed by atoms with Crippen LogP contribution in [0.3, 0.4) is 0 Å². The number of amides is 1. The fourth-order valence-corrected chi connectivity index (χ4v) is 5.91. The maximum atomic E-state index is 13.7. The van der Waals surface area contributed by atoms with Gasteiger partial charge in [-0.1, -0.05) is 23.7 Å². The zero-order valence-corrected chi connectivity index (χ0v) is 20.3. The summed E-state index contributed by atoms with van der Waals surface area (Å²) < 4.78 is 16.8. The van der Waals surface area contributed by atoms with Crippen molar-refractivity contribution in [3.8, 4) is 10.4 Å². The average Bonchev–Trinajstić information content (AvgIpc) is 3.37. The first-order valence-electron chi connectivity index (χ1n) is 10.8. The number of rotatable bonds is 4. The highest BCUT2D eigenvalue weighted by molar-refractivity contribution is 7.15. The van der Waals surface area contributed by atoms with Crippen molar-refractivity contribution in [3.05, 3.63) is 64.7 Å². The van der Waals surface area contributed by atoms with E-state index in [9.17, 15) is 9.18 Å². The number of hydrogen-bond acceptors (Lipinski definition) is 5. The number of nitrogens with zero attached hydrogens (tertiary/aromatic N) is 5. The normalized spacial score (nSPS) is 18.3. The number of benzene rings is 1. The van der Waals surface area contributed by atoms with Gasteiger partial charge in [-0.2, -0.15) is 0 Å². The fourth-order valence-electron chi connectivity index (χ4n) is 4.46. The molecule has 0 aliphatic carbocycles. The molecule has 0 radical (unpaired) electrons. The Morgan fingerprint density at radius 1 is 1.24 bits per heavy atom. The number of hydrogen-bond donors (Lipinski definition) is 0. The Morgan fingerprint density at radius 3 is 2.82 bits per heavy atom. The SMILES string of the molecule is Cc1nc(C(=O)N2CCCC[C@H]2Cc2cn3c(n2)C(Cl)=CN(Cl)C3)c(-c2ccc(F)cc2)s1. The Bertz CT molecular complexity index is 1220. The third kappa shape index (κ3) is 4.52. The molecule has 1 amide bonds. The lowest BCUT2D eigenvalue weighted by atomic mass is 9.97. The second-order valence-electron chi connectivity index (χ2n) is 8.31. The highest BCUT2D eigenvalue weighted by Gasteiger charge is 2.32. The Hall–Kier alpha value is -2.42. The molecule has 2 aromatic heterocycles. The van der Waals surface area contributed by atoms with E-state index < -0.39 is 0 Å². The molecule has 1 fully saturated rings. The summed E-state index contributed by atoms with van der Waals surface area (Å²) >= 11 is 13.8. The van der Waals surface area contributed by atoms with E-state index in [2.05, 4.69) is 4.98 Å². The predicted octanol–water partition coefficient (Wildman–Crippen LogP) is 5.66. The number of carbonyl (C=O) groups excluding carboxylic acids is 1. The van der Waals surface area contributed by atoms with Crippen LogP contribution in [0, 0.1) is 12.7 Å². The Labute approximate surface area is 205 Å². The van der Waals surface area contributed by atoms with Gasteiger partial charge in [-0.25, -0.2) is 14.4 Å². The van der Waals surface area contributed by atoms with Crippen LogP contribution in [-0.4, -0.2) is 42.3 Å². The minimum Gasteiger partial charge on any atom is -0.334 e. The smallest absolute Gasteiger partial charge is 0.274 e. The number of thiazole rings is 1. The largest absolute Gasteiger partial charge is 0.334 e. The van der Waals surface area contributed by atoms with Crippen LogP contribution < -0.4 is 0 Å². The van der Waals surface area contributed by atoms with E-state index in [1.807, 2.05) is 22.6 Å². The number of carbonyl (C=O) groups is 1. The van der Waals surface area contributed by atoms with E-state index in [4.69, 9.17) is 28.4 Å². The van der Waals surface area contributed by atoms with Gasteiger partial charge >= 0.3 is 0 Å². The summed E-state index contributed by atoms with van der Waals surface area (Å²) in [5.74, 6) is 0.294. The molecule has 0 saturated carbocycles. The van der Waals surface area contributed by atoms with Crippen molar-refractivity contribution in [2.45, 2.75) is 45.3 Å². The molecule has 1 atom stereocenters. The van der Waals surface area contributed by atoms with Crippen LogP contribution in [0.1, 0.15) is 46.3 Å². The summed E-state index contributed by atoms with van der Waals surface area (Å²) in [5.41, 5.74) is 2.11. The first-order chi connectivity index (χ1) is 15.9. The van der Waals surface area contributed by atoms with Crippen LogP contribution in [0.5, 0.6) is 0 Å². The molecule has 6 nitrogen and oxygen atoms in total. The van der Waals surface area contributed by atoms with Crippen molar-refractivity contribution in [1.82, 2.24) is 23.9 Å². The molecule has 10 heteroatoms. The highest BCUT2D eigenvalue weighted by Crippen LogP contribution is 2.33. The standard InChI is InChI=1S/C23H22Cl2FN5OS/c1-14-27-20(21(33-14)15-5-7-16(26)8-6-15)23(32)31-9-3-2-4-18(31)10-17-11-29-13-30(25)12-19(24)22(29)28-17/h5-8,11-12,18H,2-4,9-10,13H2,1H3/t18-/m0/s1. The number of likely N-dealkylation sites (tertiary alicyclic amines) is 1. The van der Waals surface area contributed by atoms with Crippen molar-refractivity contribution in [3.63, 3.8) is 0 Å². The molecule has 172 valence electrons. The van der Waals surface area contributed by atoms with Gasteiger partial charge in [0.15, 0.2) is 5.82 Å². The van der Waals surface area contributed by atoms with Crippen molar-refractivity contribution in [1.29, 1.82) is 0 Å². The number of aromatic nitrogens is 3. The number of piperidine rings is 1. The van der Waals surface area contributed by atoms with E-state index >= 15 is 0 Å². The maximum absolute atomic E-state index is 13.7. The van der Waals surface area contributed by atoms with Gasteiger partial charge in [-0.15, -0.1) is 11.3 Å². The summed E-state index contributed by atoms with van der Waals surface area (Å²) in [6.07, 6.45) is 7.13. The molecule has 0 N–H and O–H groups in total. The van der Waals surface area contributed by atoms with Gasteiger partial charge in [0.05, 0.1) is 15.6 Å². The van der Waals surface area contributed by atoms with E-state index in [0.29, 0.717) is 36.2 Å². The van der Waals surface area contributed by atoms with E-state index in [1.54, 1.807) is 18.3 Å². The zero-order valence-electron chi connectivity index (χ0n) is 18.0. The molecule has 0 unspecified atom stereocenters. The second-order valence-corrected chi connectivity index (χ2v) is 10.4. The van der Waals surface area contributed by atoms with Gasteiger partial charge in [-0.05, 0) is 43.9 Å². The molecule has 33 heavy (non-hydrogen) atoms. The fraction of sp³-hybridized carbons (Fsp3) is 0.348. The van der Waals surface area contributed by atoms with Gasteiger partial charge in [0.1, 0.15) is 23.2 Å². The molecule has 5 rings (SSSR count). The molecule has 1 aromatic carbocycles. The molecule has 2 aliphatic heterocycles. The Morgan fingerprint density at radius 2 is 2.03 bits per heavy atom. The molecule has 0 bridgehead atoms. The summed E-state index contributed by atoms with van der Waals surface area (Å²) in [5, 5.41) is 1.29. The van der Waals surface area contributed by atoms with Crippen LogP contribution in [0.15, 0.2) is 36.7 Å². The number of fused-ring (bicyclic) bond motifs is 1. The van der Waals surface area contributed by atoms with Crippen molar-refractivity contribution >= 4 is 45.7 Å². The van der Waals surface area contributed by atoms with Gasteiger partial charge in [0, 0.05) is 43.2 Å². The third-order valence-electron chi connectivity index (χ3n) is 5.96. The molecular weight excluding hydrogens is 484 g/mol. The Balaban J connectivity index is 1.41. The summed E-state index contributed by atoms with van der Waals surface area (Å²) in [7, 11) is 0. The van der Waals surface area contributed by atoms with Gasteiger partial charge in [0.2, 0.25) is 0 Å². The van der Waals surface area contributed by atoms with Crippen molar-refractivity contribution in [2.75, 3.05) is 6.54 Å².